The van der Waals surface area contributed by atoms with Crippen LogP contribution in [0.2, 0.25) is 10.0 Å². The van der Waals surface area contributed by atoms with Crippen molar-refractivity contribution in [3.8, 4) is 11.5 Å². The van der Waals surface area contributed by atoms with E-state index in [0.29, 0.717) is 27.1 Å². The molecule has 1 amide bonds. The van der Waals surface area contributed by atoms with Crippen molar-refractivity contribution in [1.29, 1.82) is 0 Å². The van der Waals surface area contributed by atoms with E-state index in [-0.39, 0.29) is 6.61 Å². The van der Waals surface area contributed by atoms with Crippen LogP contribution < -0.4 is 14.9 Å². The summed E-state index contributed by atoms with van der Waals surface area (Å²) in [6.45, 7) is -0.260. The molecule has 8 heteroatoms. The van der Waals surface area contributed by atoms with Gasteiger partial charge in [0.15, 0.2) is 6.61 Å². The highest BCUT2D eigenvalue weighted by molar-refractivity contribution is 6.35. The maximum atomic E-state index is 11.9. The first-order valence-electron chi connectivity index (χ1n) is 9.44. The Morgan fingerprint density at radius 3 is 2.41 bits per heavy atom. The second kappa shape index (κ2) is 11.7. The number of hydrogen-bond acceptors (Lipinski definition) is 5. The number of rotatable bonds is 8. The lowest BCUT2D eigenvalue weighted by molar-refractivity contribution is -0.129. The molecule has 0 aliphatic carbocycles. The van der Waals surface area contributed by atoms with E-state index in [0.717, 1.165) is 5.56 Å². The average molecular weight is 469 g/mol. The van der Waals surface area contributed by atoms with Crippen LogP contribution in [0, 0.1) is 0 Å². The molecule has 0 bridgehead atoms. The smallest absolute Gasteiger partial charge is 0.336 e. The Kier molecular flexibility index (Phi) is 8.43. The third-order valence-electron chi connectivity index (χ3n) is 3.97. The molecule has 1 N–H and O–H groups in total. The standard InChI is InChI=1S/C24H18Cl2N2O4/c25-19-9-12-22(21(26)14-19)31-16-23(29)28-27-15-18-6-10-20(11-7-18)32-24(30)13-8-17-4-2-1-3-5-17/h1-15H,16H2,(H,28,29). The van der Waals surface area contributed by atoms with Gasteiger partial charge in [-0.2, -0.15) is 5.10 Å². The van der Waals surface area contributed by atoms with Gasteiger partial charge in [-0.05, 0) is 59.7 Å². The summed E-state index contributed by atoms with van der Waals surface area (Å²) in [7, 11) is 0. The molecule has 0 heterocycles. The number of nitrogens with one attached hydrogen (secondary N) is 1. The number of hydrogen-bond donors (Lipinski definition) is 1. The van der Waals surface area contributed by atoms with E-state index in [4.69, 9.17) is 32.7 Å². The van der Waals surface area contributed by atoms with E-state index in [2.05, 4.69) is 10.5 Å². The molecular weight excluding hydrogens is 451 g/mol. The summed E-state index contributed by atoms with van der Waals surface area (Å²) in [4.78, 5) is 23.8. The van der Waals surface area contributed by atoms with Crippen LogP contribution >= 0.6 is 23.2 Å². The summed E-state index contributed by atoms with van der Waals surface area (Å²) in [6.07, 6.45) is 4.49. The molecule has 0 spiro atoms. The zero-order valence-corrected chi connectivity index (χ0v) is 18.2. The largest absolute Gasteiger partial charge is 0.482 e. The van der Waals surface area contributed by atoms with E-state index >= 15 is 0 Å². The zero-order valence-electron chi connectivity index (χ0n) is 16.7. The molecule has 0 saturated carbocycles. The van der Waals surface area contributed by atoms with Crippen molar-refractivity contribution < 1.29 is 19.1 Å². The van der Waals surface area contributed by atoms with Gasteiger partial charge < -0.3 is 9.47 Å². The highest BCUT2D eigenvalue weighted by atomic mass is 35.5. The number of carbonyl (C=O) groups is 2. The van der Waals surface area contributed by atoms with Crippen LogP contribution in [-0.4, -0.2) is 24.7 Å². The number of ether oxygens (including phenoxy) is 2. The van der Waals surface area contributed by atoms with Gasteiger partial charge in [0.25, 0.3) is 5.91 Å². The Hall–Kier alpha value is -3.61. The highest BCUT2D eigenvalue weighted by Crippen LogP contribution is 2.27. The van der Waals surface area contributed by atoms with Crippen molar-refractivity contribution in [3.63, 3.8) is 0 Å². The summed E-state index contributed by atoms with van der Waals surface area (Å²) in [5, 5.41) is 4.65. The van der Waals surface area contributed by atoms with E-state index in [9.17, 15) is 9.59 Å². The number of hydrazone groups is 1. The first-order chi connectivity index (χ1) is 15.5. The van der Waals surface area contributed by atoms with Crippen molar-refractivity contribution in [2.75, 3.05) is 6.61 Å². The van der Waals surface area contributed by atoms with E-state index in [1.54, 1.807) is 42.5 Å². The molecule has 0 aromatic heterocycles. The molecule has 6 nitrogen and oxygen atoms in total. The SMILES string of the molecule is O=C(COc1ccc(Cl)cc1Cl)NN=Cc1ccc(OC(=O)C=Cc2ccccc2)cc1. The van der Waals surface area contributed by atoms with Gasteiger partial charge in [0.05, 0.1) is 11.2 Å². The minimum Gasteiger partial charge on any atom is -0.482 e. The van der Waals surface area contributed by atoms with Crippen LogP contribution in [0.25, 0.3) is 6.08 Å². The van der Waals surface area contributed by atoms with Crippen LogP contribution in [0.4, 0.5) is 0 Å². The van der Waals surface area contributed by atoms with Gasteiger partial charge in [-0.3, -0.25) is 4.79 Å². The minimum atomic E-state index is -0.483. The molecule has 3 rings (SSSR count). The van der Waals surface area contributed by atoms with Crippen LogP contribution in [-0.2, 0) is 9.59 Å². The van der Waals surface area contributed by atoms with Gasteiger partial charge >= 0.3 is 5.97 Å². The van der Waals surface area contributed by atoms with Crippen LogP contribution in [0.15, 0.2) is 84.0 Å². The van der Waals surface area contributed by atoms with Crippen molar-refractivity contribution in [2.45, 2.75) is 0 Å². The number of halogens is 2. The normalized spacial score (nSPS) is 10.9. The van der Waals surface area contributed by atoms with E-state index in [1.165, 1.54) is 18.4 Å². The van der Waals surface area contributed by atoms with Gasteiger partial charge in [0.1, 0.15) is 11.5 Å². The van der Waals surface area contributed by atoms with Crippen LogP contribution in [0.5, 0.6) is 11.5 Å². The summed E-state index contributed by atoms with van der Waals surface area (Å²) in [5.41, 5.74) is 3.96. The molecule has 0 unspecified atom stereocenters. The highest BCUT2D eigenvalue weighted by Gasteiger charge is 2.06. The predicted octanol–water partition coefficient (Wildman–Crippen LogP) is 5.14. The molecule has 3 aromatic rings. The molecule has 0 aliphatic rings. The van der Waals surface area contributed by atoms with Gasteiger partial charge in [-0.1, -0.05) is 53.5 Å². The maximum absolute atomic E-state index is 11.9. The summed E-state index contributed by atoms with van der Waals surface area (Å²) >= 11 is 11.8. The molecule has 0 aliphatic heterocycles. The maximum Gasteiger partial charge on any atom is 0.336 e. The van der Waals surface area contributed by atoms with Crippen LogP contribution in [0.3, 0.4) is 0 Å². The summed E-state index contributed by atoms with van der Waals surface area (Å²) < 4.78 is 10.6. The summed E-state index contributed by atoms with van der Waals surface area (Å²) in [6, 6.07) is 20.8. The number of carbonyl (C=O) groups excluding carboxylic acids is 2. The fourth-order valence-corrected chi connectivity index (χ4v) is 2.91. The summed E-state index contributed by atoms with van der Waals surface area (Å²) in [5.74, 6) is -0.201. The monoisotopic (exact) mass is 468 g/mol. The van der Waals surface area contributed by atoms with Crippen LogP contribution in [0.1, 0.15) is 11.1 Å². The number of benzene rings is 3. The molecule has 0 radical (unpaired) electrons. The number of nitrogens with zero attached hydrogens (tertiary/aromatic N) is 1. The number of amides is 1. The Labute approximate surface area is 195 Å². The lowest BCUT2D eigenvalue weighted by Gasteiger charge is -2.07. The number of esters is 1. The molecule has 3 aromatic carbocycles. The molecular formula is C24H18Cl2N2O4. The third-order valence-corrected chi connectivity index (χ3v) is 4.50. The minimum absolute atomic E-state index is 0.260. The van der Waals surface area contributed by atoms with Crippen molar-refractivity contribution in [3.05, 3.63) is 100 Å². The Balaban J connectivity index is 1.43. The van der Waals surface area contributed by atoms with Gasteiger partial charge in [-0.25, -0.2) is 10.2 Å². The Morgan fingerprint density at radius 2 is 1.69 bits per heavy atom. The lowest BCUT2D eigenvalue weighted by Crippen LogP contribution is -2.24. The van der Waals surface area contributed by atoms with Crippen molar-refractivity contribution in [2.24, 2.45) is 5.10 Å². The third kappa shape index (κ3) is 7.58. The molecule has 32 heavy (non-hydrogen) atoms. The fourth-order valence-electron chi connectivity index (χ4n) is 2.45. The Bertz CT molecular complexity index is 1130. The first-order valence-corrected chi connectivity index (χ1v) is 10.2. The second-order valence-corrected chi connectivity index (χ2v) is 7.23. The van der Waals surface area contributed by atoms with Gasteiger partial charge in [-0.15, -0.1) is 0 Å². The average Bonchev–Trinajstić information content (AvgIpc) is 2.79. The lowest BCUT2D eigenvalue weighted by atomic mass is 10.2. The van der Waals surface area contributed by atoms with Crippen molar-refractivity contribution in [1.82, 2.24) is 5.43 Å². The van der Waals surface area contributed by atoms with E-state index in [1.807, 2.05) is 30.3 Å². The zero-order chi connectivity index (χ0) is 22.8. The van der Waals surface area contributed by atoms with Gasteiger partial charge in [0.2, 0.25) is 0 Å². The molecule has 162 valence electrons. The van der Waals surface area contributed by atoms with Gasteiger partial charge in [0, 0.05) is 11.1 Å². The molecule has 0 saturated heterocycles. The second-order valence-electron chi connectivity index (χ2n) is 6.39. The fraction of sp³-hybridized carbons (Fsp3) is 0.0417. The van der Waals surface area contributed by atoms with Crippen molar-refractivity contribution >= 4 is 47.4 Å². The first kappa shape index (κ1) is 23.1. The predicted molar refractivity (Wildman–Crippen MR) is 125 cm³/mol. The Morgan fingerprint density at radius 1 is 0.938 bits per heavy atom. The topological polar surface area (TPSA) is 77.0 Å². The molecule has 0 fully saturated rings. The molecule has 0 atom stereocenters. The quantitative estimate of drug-likeness (QED) is 0.163. The van der Waals surface area contributed by atoms with E-state index < -0.39 is 11.9 Å².